The minimum Gasteiger partial charge on any atom is -0.376 e. The van der Waals surface area contributed by atoms with E-state index in [0.717, 1.165) is 18.2 Å². The lowest BCUT2D eigenvalue weighted by atomic mass is 9.97. The first-order chi connectivity index (χ1) is 14.0. The SMILES string of the molecule is C[C@@H]1[C@@H](Nc2ncnc3[nH]ncc23)CCCN1C(=O)CNc1cc(F)cc(Cl)c1. The monoisotopic (exact) mass is 417 g/mol. The maximum absolute atomic E-state index is 13.5. The number of nitrogens with zero attached hydrogens (tertiary/aromatic N) is 4. The van der Waals surface area contributed by atoms with Crippen LogP contribution in [0.2, 0.25) is 5.02 Å². The highest BCUT2D eigenvalue weighted by Crippen LogP contribution is 2.24. The lowest BCUT2D eigenvalue weighted by molar-refractivity contribution is -0.132. The molecule has 3 aromatic rings. The van der Waals surface area contributed by atoms with Crippen LogP contribution in [0.25, 0.3) is 11.0 Å². The van der Waals surface area contributed by atoms with Crippen LogP contribution in [0.15, 0.2) is 30.7 Å². The van der Waals surface area contributed by atoms with Gasteiger partial charge in [-0.25, -0.2) is 14.4 Å². The Morgan fingerprint density at radius 3 is 3.07 bits per heavy atom. The van der Waals surface area contributed by atoms with Crippen LogP contribution in [0, 0.1) is 5.82 Å². The fourth-order valence-corrected chi connectivity index (χ4v) is 3.90. The summed E-state index contributed by atoms with van der Waals surface area (Å²) in [6.45, 7) is 2.76. The largest absolute Gasteiger partial charge is 0.376 e. The average molecular weight is 418 g/mol. The number of hydrogen-bond acceptors (Lipinski definition) is 6. The van der Waals surface area contributed by atoms with E-state index in [4.69, 9.17) is 11.6 Å². The van der Waals surface area contributed by atoms with Crippen LogP contribution in [-0.2, 0) is 4.79 Å². The summed E-state index contributed by atoms with van der Waals surface area (Å²) in [6.07, 6.45) is 4.95. The van der Waals surface area contributed by atoms with E-state index < -0.39 is 5.82 Å². The Hall–Kier alpha value is -2.94. The zero-order chi connectivity index (χ0) is 20.4. The maximum atomic E-state index is 13.5. The summed E-state index contributed by atoms with van der Waals surface area (Å²) in [5.41, 5.74) is 1.14. The van der Waals surface area contributed by atoms with Gasteiger partial charge in [-0.1, -0.05) is 11.6 Å². The van der Waals surface area contributed by atoms with Crippen molar-refractivity contribution in [3.63, 3.8) is 0 Å². The molecule has 1 aliphatic heterocycles. The topological polar surface area (TPSA) is 98.8 Å². The highest BCUT2D eigenvalue weighted by molar-refractivity contribution is 6.30. The van der Waals surface area contributed by atoms with Crippen molar-refractivity contribution in [1.29, 1.82) is 0 Å². The molecule has 0 aliphatic carbocycles. The summed E-state index contributed by atoms with van der Waals surface area (Å²) in [4.78, 5) is 23.1. The number of likely N-dealkylation sites (tertiary alicyclic amines) is 1. The van der Waals surface area contributed by atoms with Crippen LogP contribution in [0.1, 0.15) is 19.8 Å². The molecule has 2 aromatic heterocycles. The molecule has 3 heterocycles. The van der Waals surface area contributed by atoms with Gasteiger partial charge in [0.15, 0.2) is 5.65 Å². The van der Waals surface area contributed by atoms with Gasteiger partial charge in [0.2, 0.25) is 5.91 Å². The Morgan fingerprint density at radius 1 is 1.38 bits per heavy atom. The minimum absolute atomic E-state index is 0.0361. The van der Waals surface area contributed by atoms with Gasteiger partial charge in [-0.05, 0) is 38.0 Å². The molecule has 0 spiro atoms. The standard InChI is InChI=1S/C19H21ClFN7O/c1-11-16(26-18-15-8-25-27-19(15)24-10-23-18)3-2-4-28(11)17(29)9-22-14-6-12(20)5-13(21)7-14/h5-8,10-11,16,22H,2-4,9H2,1H3,(H2,23,24,25,26,27)/t11-,16+/m1/s1. The zero-order valence-corrected chi connectivity index (χ0v) is 16.6. The number of benzene rings is 1. The quantitative estimate of drug-likeness (QED) is 0.590. The van der Waals surface area contributed by atoms with Crippen LogP contribution >= 0.6 is 11.6 Å². The fourth-order valence-electron chi connectivity index (χ4n) is 3.68. The van der Waals surface area contributed by atoms with E-state index in [1.54, 1.807) is 12.3 Å². The van der Waals surface area contributed by atoms with Crippen LogP contribution in [-0.4, -0.2) is 56.1 Å². The number of rotatable bonds is 5. The number of carbonyl (C=O) groups excluding carboxylic acids is 1. The van der Waals surface area contributed by atoms with E-state index >= 15 is 0 Å². The van der Waals surface area contributed by atoms with Crippen molar-refractivity contribution in [3.05, 3.63) is 41.6 Å². The predicted octanol–water partition coefficient (Wildman–Crippen LogP) is 3.05. The summed E-state index contributed by atoms with van der Waals surface area (Å²) in [6, 6.07) is 4.14. The van der Waals surface area contributed by atoms with Crippen molar-refractivity contribution >= 4 is 40.0 Å². The van der Waals surface area contributed by atoms with Gasteiger partial charge in [0.1, 0.15) is 18.0 Å². The van der Waals surface area contributed by atoms with Gasteiger partial charge >= 0.3 is 0 Å². The van der Waals surface area contributed by atoms with Gasteiger partial charge in [-0.3, -0.25) is 9.89 Å². The molecule has 0 radical (unpaired) electrons. The smallest absolute Gasteiger partial charge is 0.242 e. The molecule has 1 aliphatic rings. The van der Waals surface area contributed by atoms with Gasteiger partial charge in [0.25, 0.3) is 0 Å². The van der Waals surface area contributed by atoms with E-state index in [1.165, 1.54) is 18.5 Å². The number of halogens is 2. The average Bonchev–Trinajstić information content (AvgIpc) is 3.17. The molecule has 10 heteroatoms. The van der Waals surface area contributed by atoms with E-state index in [0.29, 0.717) is 23.7 Å². The van der Waals surface area contributed by atoms with Gasteiger partial charge < -0.3 is 15.5 Å². The molecule has 2 atom stereocenters. The third-order valence-electron chi connectivity index (χ3n) is 5.18. The van der Waals surface area contributed by atoms with Crippen molar-refractivity contribution in [2.24, 2.45) is 0 Å². The van der Waals surface area contributed by atoms with Crippen molar-refractivity contribution in [2.75, 3.05) is 23.7 Å². The Kier molecular flexibility index (Phi) is 5.48. The Labute approximate surface area is 171 Å². The van der Waals surface area contributed by atoms with E-state index in [9.17, 15) is 9.18 Å². The van der Waals surface area contributed by atoms with Crippen molar-refractivity contribution < 1.29 is 9.18 Å². The first-order valence-electron chi connectivity index (χ1n) is 9.41. The molecule has 0 saturated carbocycles. The van der Waals surface area contributed by atoms with E-state index in [-0.39, 0.29) is 29.6 Å². The van der Waals surface area contributed by atoms with Crippen LogP contribution in [0.5, 0.6) is 0 Å². The van der Waals surface area contributed by atoms with E-state index in [2.05, 4.69) is 30.8 Å². The Morgan fingerprint density at radius 2 is 2.24 bits per heavy atom. The molecule has 0 unspecified atom stereocenters. The second-order valence-corrected chi connectivity index (χ2v) is 7.52. The first-order valence-corrected chi connectivity index (χ1v) is 9.79. The third-order valence-corrected chi connectivity index (χ3v) is 5.40. The number of hydrogen-bond donors (Lipinski definition) is 3. The summed E-state index contributed by atoms with van der Waals surface area (Å²) >= 11 is 5.87. The van der Waals surface area contributed by atoms with Crippen molar-refractivity contribution in [1.82, 2.24) is 25.1 Å². The number of nitrogens with one attached hydrogen (secondary N) is 3. The summed E-state index contributed by atoms with van der Waals surface area (Å²) in [5, 5.41) is 14.3. The number of piperidine rings is 1. The van der Waals surface area contributed by atoms with Gasteiger partial charge in [0.05, 0.1) is 18.1 Å². The molecule has 0 bridgehead atoms. The van der Waals surface area contributed by atoms with Crippen LogP contribution < -0.4 is 10.6 Å². The van der Waals surface area contributed by atoms with Gasteiger partial charge in [-0.2, -0.15) is 5.10 Å². The van der Waals surface area contributed by atoms with E-state index in [1.807, 2.05) is 11.8 Å². The summed E-state index contributed by atoms with van der Waals surface area (Å²) < 4.78 is 13.5. The number of fused-ring (bicyclic) bond motifs is 1. The second-order valence-electron chi connectivity index (χ2n) is 7.09. The molecule has 3 N–H and O–H groups in total. The maximum Gasteiger partial charge on any atom is 0.242 e. The molecule has 1 saturated heterocycles. The third kappa shape index (κ3) is 4.24. The summed E-state index contributed by atoms with van der Waals surface area (Å²) in [7, 11) is 0. The lowest BCUT2D eigenvalue weighted by Crippen LogP contribution is -2.53. The number of carbonyl (C=O) groups is 1. The molecule has 29 heavy (non-hydrogen) atoms. The Balaban J connectivity index is 1.41. The Bertz CT molecular complexity index is 1010. The predicted molar refractivity (Wildman–Crippen MR) is 109 cm³/mol. The van der Waals surface area contributed by atoms with Crippen LogP contribution in [0.4, 0.5) is 15.9 Å². The molecule has 152 valence electrons. The number of aromatic amines is 1. The number of anilines is 2. The normalized spacial score (nSPS) is 19.3. The van der Waals surface area contributed by atoms with Gasteiger partial charge in [0, 0.05) is 29.3 Å². The zero-order valence-electron chi connectivity index (χ0n) is 15.8. The molecular formula is C19H21ClFN7O. The number of aromatic nitrogens is 4. The second kappa shape index (κ2) is 8.20. The highest BCUT2D eigenvalue weighted by atomic mass is 35.5. The van der Waals surface area contributed by atoms with Crippen LogP contribution in [0.3, 0.4) is 0 Å². The van der Waals surface area contributed by atoms with Crippen molar-refractivity contribution in [3.8, 4) is 0 Å². The lowest BCUT2D eigenvalue weighted by Gasteiger charge is -2.40. The highest BCUT2D eigenvalue weighted by Gasteiger charge is 2.31. The molecular weight excluding hydrogens is 397 g/mol. The molecule has 8 nitrogen and oxygen atoms in total. The molecule has 1 amide bonds. The van der Waals surface area contributed by atoms with Crippen molar-refractivity contribution in [2.45, 2.75) is 31.8 Å². The molecule has 1 fully saturated rings. The minimum atomic E-state index is -0.446. The van der Waals surface area contributed by atoms with Gasteiger partial charge in [-0.15, -0.1) is 0 Å². The molecule has 4 rings (SSSR count). The fraction of sp³-hybridized carbons (Fsp3) is 0.368. The molecule has 1 aromatic carbocycles. The number of amides is 1. The number of H-pyrrole nitrogens is 1. The summed E-state index contributed by atoms with van der Waals surface area (Å²) in [5.74, 6) is 0.196. The first kappa shape index (κ1) is 19.4.